The lowest BCUT2D eigenvalue weighted by Gasteiger charge is -2.11. The van der Waals surface area contributed by atoms with E-state index in [-0.39, 0.29) is 12.0 Å². The largest absolute Gasteiger partial charge is 0.460 e. The lowest BCUT2D eigenvalue weighted by atomic mass is 10.0. The molecule has 3 aromatic rings. The first kappa shape index (κ1) is 13.8. The van der Waals surface area contributed by atoms with Crippen LogP contribution in [0, 0.1) is 0 Å². The molecule has 3 nitrogen and oxygen atoms in total. The molecule has 1 N–H and O–H groups in total. The Hall–Kier alpha value is -2.81. The molecule has 0 radical (unpaired) electrons. The van der Waals surface area contributed by atoms with Crippen LogP contribution in [0.3, 0.4) is 0 Å². The SMILES string of the molecule is O=C(OCC1Cc2c(ccc3ccccc23)N1)c1ccccc1. The summed E-state index contributed by atoms with van der Waals surface area (Å²) in [6.45, 7) is 0.372. The summed E-state index contributed by atoms with van der Waals surface area (Å²) in [5, 5.41) is 5.97. The molecule has 0 bridgehead atoms. The lowest BCUT2D eigenvalue weighted by Crippen LogP contribution is -2.24. The van der Waals surface area contributed by atoms with E-state index in [1.165, 1.54) is 16.3 Å². The van der Waals surface area contributed by atoms with E-state index >= 15 is 0 Å². The highest BCUT2D eigenvalue weighted by Crippen LogP contribution is 2.32. The van der Waals surface area contributed by atoms with Gasteiger partial charge < -0.3 is 10.1 Å². The molecule has 0 amide bonds. The minimum atomic E-state index is -0.270. The number of carbonyl (C=O) groups excluding carboxylic acids is 1. The number of hydrogen-bond donors (Lipinski definition) is 1. The molecule has 3 heteroatoms. The number of carbonyl (C=O) groups is 1. The lowest BCUT2D eigenvalue weighted by molar-refractivity contribution is 0.0491. The quantitative estimate of drug-likeness (QED) is 0.742. The van der Waals surface area contributed by atoms with Crippen LogP contribution in [0.1, 0.15) is 15.9 Å². The second kappa shape index (κ2) is 5.76. The van der Waals surface area contributed by atoms with Crippen LogP contribution in [0.5, 0.6) is 0 Å². The van der Waals surface area contributed by atoms with Crippen molar-refractivity contribution in [3.05, 3.63) is 77.9 Å². The van der Waals surface area contributed by atoms with E-state index in [0.717, 1.165) is 12.1 Å². The van der Waals surface area contributed by atoms with Crippen molar-refractivity contribution >= 4 is 22.4 Å². The van der Waals surface area contributed by atoms with Crippen LogP contribution in [0.4, 0.5) is 5.69 Å². The van der Waals surface area contributed by atoms with Crippen LogP contribution in [0.15, 0.2) is 66.7 Å². The first-order chi connectivity index (χ1) is 11.3. The van der Waals surface area contributed by atoms with Crippen LogP contribution in [0.2, 0.25) is 0 Å². The predicted molar refractivity (Wildman–Crippen MR) is 91.8 cm³/mol. The Morgan fingerprint density at radius 3 is 2.65 bits per heavy atom. The highest BCUT2D eigenvalue weighted by Gasteiger charge is 2.23. The molecule has 1 atom stereocenters. The first-order valence-electron chi connectivity index (χ1n) is 7.80. The van der Waals surface area contributed by atoms with Gasteiger partial charge in [-0.2, -0.15) is 0 Å². The van der Waals surface area contributed by atoms with Crippen LogP contribution >= 0.6 is 0 Å². The third-order valence-electron chi connectivity index (χ3n) is 4.28. The second-order valence-electron chi connectivity index (χ2n) is 5.82. The third-order valence-corrected chi connectivity index (χ3v) is 4.28. The number of nitrogens with one attached hydrogen (secondary N) is 1. The maximum absolute atomic E-state index is 12.0. The van der Waals surface area contributed by atoms with E-state index in [4.69, 9.17) is 4.74 Å². The summed E-state index contributed by atoms with van der Waals surface area (Å²) in [6, 6.07) is 21.9. The van der Waals surface area contributed by atoms with Crippen molar-refractivity contribution in [2.45, 2.75) is 12.5 Å². The van der Waals surface area contributed by atoms with Crippen LogP contribution in [-0.2, 0) is 11.2 Å². The zero-order chi connectivity index (χ0) is 15.6. The van der Waals surface area contributed by atoms with Gasteiger partial charge in [0.05, 0.1) is 11.6 Å². The monoisotopic (exact) mass is 303 g/mol. The Morgan fingerprint density at radius 1 is 1.00 bits per heavy atom. The van der Waals surface area contributed by atoms with E-state index < -0.39 is 0 Å². The van der Waals surface area contributed by atoms with Crippen molar-refractivity contribution in [3.8, 4) is 0 Å². The summed E-state index contributed by atoms with van der Waals surface area (Å²) >= 11 is 0. The van der Waals surface area contributed by atoms with E-state index in [2.05, 4.69) is 41.7 Å². The van der Waals surface area contributed by atoms with E-state index in [1.54, 1.807) is 12.1 Å². The van der Waals surface area contributed by atoms with Gasteiger partial charge in [0.25, 0.3) is 0 Å². The molecule has 1 unspecified atom stereocenters. The molecule has 1 aliphatic rings. The number of ether oxygens (including phenoxy) is 1. The van der Waals surface area contributed by atoms with Gasteiger partial charge in [0.1, 0.15) is 6.61 Å². The van der Waals surface area contributed by atoms with Gasteiger partial charge in [-0.25, -0.2) is 4.79 Å². The fourth-order valence-corrected chi connectivity index (χ4v) is 3.14. The van der Waals surface area contributed by atoms with Gasteiger partial charge in [0, 0.05) is 5.69 Å². The van der Waals surface area contributed by atoms with Crippen molar-refractivity contribution in [2.24, 2.45) is 0 Å². The maximum Gasteiger partial charge on any atom is 0.338 e. The standard InChI is InChI=1S/C20H17NO2/c22-20(15-7-2-1-3-8-15)23-13-16-12-18-17-9-5-4-6-14(17)10-11-19(18)21-16/h1-11,16,21H,12-13H2. The first-order valence-corrected chi connectivity index (χ1v) is 7.80. The molecular weight excluding hydrogens is 286 g/mol. The van der Waals surface area contributed by atoms with Gasteiger partial charge in [-0.1, -0.05) is 48.5 Å². The number of rotatable bonds is 3. The summed E-state index contributed by atoms with van der Waals surface area (Å²) in [4.78, 5) is 12.0. The van der Waals surface area contributed by atoms with Crippen molar-refractivity contribution < 1.29 is 9.53 Å². The average molecular weight is 303 g/mol. The molecule has 23 heavy (non-hydrogen) atoms. The number of benzene rings is 3. The fourth-order valence-electron chi connectivity index (χ4n) is 3.14. The summed E-state index contributed by atoms with van der Waals surface area (Å²) in [6.07, 6.45) is 0.874. The Bertz CT molecular complexity index is 858. The molecule has 1 aliphatic heterocycles. The number of fused-ring (bicyclic) bond motifs is 3. The van der Waals surface area contributed by atoms with Gasteiger partial charge in [0.15, 0.2) is 0 Å². The van der Waals surface area contributed by atoms with E-state index in [0.29, 0.717) is 12.2 Å². The molecule has 0 aliphatic carbocycles. The predicted octanol–water partition coefficient (Wildman–Crippen LogP) is 4.03. The highest BCUT2D eigenvalue weighted by molar-refractivity contribution is 5.91. The van der Waals surface area contributed by atoms with Crippen LogP contribution in [-0.4, -0.2) is 18.6 Å². The molecule has 0 aromatic heterocycles. The number of anilines is 1. The van der Waals surface area contributed by atoms with Gasteiger partial charge in [0.2, 0.25) is 0 Å². The number of esters is 1. The third kappa shape index (κ3) is 2.66. The smallest absolute Gasteiger partial charge is 0.338 e. The molecule has 1 heterocycles. The Kier molecular flexibility index (Phi) is 3.46. The van der Waals surface area contributed by atoms with Gasteiger partial charge in [-0.3, -0.25) is 0 Å². The van der Waals surface area contributed by atoms with Crippen molar-refractivity contribution in [2.75, 3.05) is 11.9 Å². The van der Waals surface area contributed by atoms with Gasteiger partial charge >= 0.3 is 5.97 Å². The van der Waals surface area contributed by atoms with Crippen LogP contribution in [0.25, 0.3) is 10.8 Å². The molecule has 0 saturated heterocycles. The second-order valence-corrected chi connectivity index (χ2v) is 5.82. The molecule has 114 valence electrons. The van der Waals surface area contributed by atoms with Crippen molar-refractivity contribution in [1.82, 2.24) is 0 Å². The van der Waals surface area contributed by atoms with E-state index in [1.807, 2.05) is 18.2 Å². The van der Waals surface area contributed by atoms with Gasteiger partial charge in [-0.05, 0) is 41.0 Å². The molecule has 0 saturated carbocycles. The summed E-state index contributed by atoms with van der Waals surface area (Å²) in [5.74, 6) is -0.270. The average Bonchev–Trinajstić information content (AvgIpc) is 3.04. The zero-order valence-corrected chi connectivity index (χ0v) is 12.7. The Morgan fingerprint density at radius 2 is 1.78 bits per heavy atom. The molecule has 4 rings (SSSR count). The molecule has 0 fully saturated rings. The number of hydrogen-bond acceptors (Lipinski definition) is 3. The maximum atomic E-state index is 12.0. The summed E-state index contributed by atoms with van der Waals surface area (Å²) in [5.41, 5.74) is 3.04. The zero-order valence-electron chi connectivity index (χ0n) is 12.7. The fraction of sp³-hybridized carbons (Fsp3) is 0.150. The highest BCUT2D eigenvalue weighted by atomic mass is 16.5. The summed E-state index contributed by atoms with van der Waals surface area (Å²) < 4.78 is 5.45. The normalized spacial score (nSPS) is 15.9. The Labute approximate surface area is 134 Å². The van der Waals surface area contributed by atoms with Crippen molar-refractivity contribution in [1.29, 1.82) is 0 Å². The van der Waals surface area contributed by atoms with E-state index in [9.17, 15) is 4.79 Å². The minimum absolute atomic E-state index is 0.128. The molecule has 3 aromatic carbocycles. The van der Waals surface area contributed by atoms with Crippen molar-refractivity contribution in [3.63, 3.8) is 0 Å². The van der Waals surface area contributed by atoms with Gasteiger partial charge in [-0.15, -0.1) is 0 Å². The van der Waals surface area contributed by atoms with Crippen LogP contribution < -0.4 is 5.32 Å². The molecular formula is C20H17NO2. The Balaban J connectivity index is 1.46. The minimum Gasteiger partial charge on any atom is -0.460 e. The summed E-state index contributed by atoms with van der Waals surface area (Å²) in [7, 11) is 0. The molecule has 0 spiro atoms. The topological polar surface area (TPSA) is 38.3 Å².